The van der Waals surface area contributed by atoms with Crippen LogP contribution in [0.3, 0.4) is 0 Å². The van der Waals surface area contributed by atoms with Gasteiger partial charge in [0.2, 0.25) is 11.8 Å². The molecule has 184 valence electrons. The molecule has 0 radical (unpaired) electrons. The Kier molecular flexibility index (Phi) is 7.04. The number of imide groups is 1. The van der Waals surface area contributed by atoms with Crippen molar-refractivity contribution in [1.82, 2.24) is 0 Å². The highest BCUT2D eigenvalue weighted by molar-refractivity contribution is 6.22. The van der Waals surface area contributed by atoms with Crippen LogP contribution < -0.4 is 19.7 Å². The van der Waals surface area contributed by atoms with Gasteiger partial charge in [0.1, 0.15) is 11.5 Å². The standard InChI is InChI=1S/C26H28N2O7/c1-15-4-10-19-20(12-15)25(31)28(24(19)30)17-7-5-16(6-8-17)26(32)35-14-23(29)27-21-11-9-18(33-2)13-22(21)34-3/h5-9,11,13,15,19-20H,4,10,12,14H2,1-3H3,(H,27,29)/t15-,19+,20-/m0/s1. The van der Waals surface area contributed by atoms with Gasteiger partial charge in [0, 0.05) is 6.07 Å². The van der Waals surface area contributed by atoms with Gasteiger partial charge >= 0.3 is 5.97 Å². The Morgan fingerprint density at radius 3 is 2.37 bits per heavy atom. The number of hydrogen-bond acceptors (Lipinski definition) is 7. The highest BCUT2D eigenvalue weighted by Gasteiger charge is 2.49. The SMILES string of the molecule is COc1ccc(NC(=O)COC(=O)c2ccc(N3C(=O)[C@H]4C[C@@H](C)CC[C@H]4C3=O)cc2)c(OC)c1. The lowest BCUT2D eigenvalue weighted by molar-refractivity contribution is -0.122. The van der Waals surface area contributed by atoms with Crippen LogP contribution in [0, 0.1) is 17.8 Å². The predicted octanol–water partition coefficient (Wildman–Crippen LogP) is 3.42. The summed E-state index contributed by atoms with van der Waals surface area (Å²) in [6.07, 6.45) is 2.39. The number of carbonyl (C=O) groups excluding carboxylic acids is 4. The van der Waals surface area contributed by atoms with Gasteiger partial charge in [0.15, 0.2) is 6.61 Å². The molecule has 2 aromatic rings. The molecule has 35 heavy (non-hydrogen) atoms. The Bertz CT molecular complexity index is 1140. The van der Waals surface area contributed by atoms with E-state index in [4.69, 9.17) is 14.2 Å². The van der Waals surface area contributed by atoms with Crippen LogP contribution in [0.25, 0.3) is 0 Å². The number of rotatable bonds is 7. The van der Waals surface area contributed by atoms with Gasteiger partial charge in [-0.2, -0.15) is 0 Å². The fourth-order valence-corrected chi connectivity index (χ4v) is 4.69. The minimum atomic E-state index is -0.699. The summed E-state index contributed by atoms with van der Waals surface area (Å²) in [6, 6.07) is 11.0. The monoisotopic (exact) mass is 480 g/mol. The molecule has 1 aliphatic carbocycles. The molecule has 0 aromatic heterocycles. The third kappa shape index (κ3) is 4.99. The Balaban J connectivity index is 1.35. The Morgan fingerprint density at radius 1 is 0.971 bits per heavy atom. The summed E-state index contributed by atoms with van der Waals surface area (Å²) in [4.78, 5) is 51.6. The zero-order chi connectivity index (χ0) is 25.1. The average Bonchev–Trinajstić information content (AvgIpc) is 3.11. The number of benzene rings is 2. The molecule has 1 saturated carbocycles. The molecule has 1 N–H and O–H groups in total. The summed E-state index contributed by atoms with van der Waals surface area (Å²) in [7, 11) is 2.98. The third-order valence-corrected chi connectivity index (χ3v) is 6.57. The first-order valence-electron chi connectivity index (χ1n) is 11.5. The first-order valence-corrected chi connectivity index (χ1v) is 11.5. The molecule has 2 aromatic carbocycles. The van der Waals surface area contributed by atoms with Crippen LogP contribution in [-0.2, 0) is 19.1 Å². The van der Waals surface area contributed by atoms with E-state index in [1.807, 2.05) is 0 Å². The van der Waals surface area contributed by atoms with Crippen molar-refractivity contribution in [3.8, 4) is 11.5 Å². The predicted molar refractivity (Wildman–Crippen MR) is 127 cm³/mol. The first kappa shape index (κ1) is 24.3. The molecule has 0 bridgehead atoms. The lowest BCUT2D eigenvalue weighted by Crippen LogP contribution is -2.30. The number of methoxy groups -OCH3 is 2. The van der Waals surface area contributed by atoms with Crippen LogP contribution in [0.5, 0.6) is 11.5 Å². The van der Waals surface area contributed by atoms with Crippen LogP contribution in [0.1, 0.15) is 36.5 Å². The van der Waals surface area contributed by atoms with E-state index < -0.39 is 18.5 Å². The number of hydrogen-bond donors (Lipinski definition) is 1. The van der Waals surface area contributed by atoms with Gasteiger partial charge < -0.3 is 19.5 Å². The number of fused-ring (bicyclic) bond motifs is 1. The van der Waals surface area contributed by atoms with Crippen molar-refractivity contribution in [2.24, 2.45) is 17.8 Å². The average molecular weight is 481 g/mol. The van der Waals surface area contributed by atoms with Crippen molar-refractivity contribution in [1.29, 1.82) is 0 Å². The summed E-state index contributed by atoms with van der Waals surface area (Å²) in [6.45, 7) is 1.60. The van der Waals surface area contributed by atoms with Crippen LogP contribution in [-0.4, -0.2) is 44.5 Å². The van der Waals surface area contributed by atoms with Crippen LogP contribution in [0.4, 0.5) is 11.4 Å². The Morgan fingerprint density at radius 2 is 1.69 bits per heavy atom. The quantitative estimate of drug-likeness (QED) is 0.477. The summed E-state index contributed by atoms with van der Waals surface area (Å²) in [5.74, 6) is -0.711. The summed E-state index contributed by atoms with van der Waals surface area (Å²) in [5.41, 5.74) is 1.05. The molecule has 0 spiro atoms. The summed E-state index contributed by atoms with van der Waals surface area (Å²) < 4.78 is 15.5. The fraction of sp³-hybridized carbons (Fsp3) is 0.385. The van der Waals surface area contributed by atoms with E-state index in [0.29, 0.717) is 28.8 Å². The van der Waals surface area contributed by atoms with Crippen molar-refractivity contribution >= 4 is 35.1 Å². The third-order valence-electron chi connectivity index (χ3n) is 6.57. The summed E-state index contributed by atoms with van der Waals surface area (Å²) >= 11 is 0. The molecule has 9 nitrogen and oxygen atoms in total. The van der Waals surface area contributed by atoms with Crippen LogP contribution in [0.15, 0.2) is 42.5 Å². The first-order chi connectivity index (χ1) is 16.8. The Hall–Kier alpha value is -3.88. The lowest BCUT2D eigenvalue weighted by atomic mass is 9.76. The molecule has 2 aliphatic rings. The van der Waals surface area contributed by atoms with E-state index in [1.165, 1.54) is 31.3 Å². The topological polar surface area (TPSA) is 111 Å². The molecule has 9 heteroatoms. The molecule has 2 fully saturated rings. The van der Waals surface area contributed by atoms with Crippen molar-refractivity contribution < 1.29 is 33.4 Å². The van der Waals surface area contributed by atoms with Crippen molar-refractivity contribution in [3.05, 3.63) is 48.0 Å². The molecule has 3 amide bonds. The number of carbonyl (C=O) groups is 4. The van der Waals surface area contributed by atoms with E-state index in [-0.39, 0.29) is 29.2 Å². The van der Waals surface area contributed by atoms with E-state index in [9.17, 15) is 19.2 Å². The van der Waals surface area contributed by atoms with Gasteiger partial charge in [-0.25, -0.2) is 4.79 Å². The van der Waals surface area contributed by atoms with Gasteiger partial charge in [-0.15, -0.1) is 0 Å². The van der Waals surface area contributed by atoms with Gasteiger partial charge in [-0.3, -0.25) is 19.3 Å². The minimum absolute atomic E-state index is 0.173. The second kappa shape index (κ2) is 10.2. The van der Waals surface area contributed by atoms with Crippen molar-refractivity contribution in [2.45, 2.75) is 26.2 Å². The lowest BCUT2D eigenvalue weighted by Gasteiger charge is -2.25. The molecule has 1 saturated heterocycles. The maximum Gasteiger partial charge on any atom is 0.338 e. The van der Waals surface area contributed by atoms with E-state index >= 15 is 0 Å². The maximum atomic E-state index is 12.9. The molecule has 3 atom stereocenters. The highest BCUT2D eigenvalue weighted by atomic mass is 16.5. The zero-order valence-corrected chi connectivity index (χ0v) is 19.9. The van der Waals surface area contributed by atoms with Crippen LogP contribution in [0.2, 0.25) is 0 Å². The number of amides is 3. The van der Waals surface area contributed by atoms with Gasteiger partial charge in [0.05, 0.1) is 43.0 Å². The van der Waals surface area contributed by atoms with E-state index in [0.717, 1.165) is 19.3 Å². The molecule has 1 aliphatic heterocycles. The van der Waals surface area contributed by atoms with Crippen molar-refractivity contribution in [2.75, 3.05) is 31.0 Å². The minimum Gasteiger partial charge on any atom is -0.497 e. The fourth-order valence-electron chi connectivity index (χ4n) is 4.69. The number of nitrogens with one attached hydrogen (secondary N) is 1. The van der Waals surface area contributed by atoms with Gasteiger partial charge in [-0.1, -0.05) is 6.92 Å². The maximum absolute atomic E-state index is 12.9. The Labute approximate surface area is 203 Å². The number of esters is 1. The number of nitrogens with zero attached hydrogens (tertiary/aromatic N) is 1. The molecular weight excluding hydrogens is 452 g/mol. The van der Waals surface area contributed by atoms with E-state index in [1.54, 1.807) is 30.3 Å². The van der Waals surface area contributed by atoms with E-state index in [2.05, 4.69) is 12.2 Å². The zero-order valence-electron chi connectivity index (χ0n) is 19.9. The summed E-state index contributed by atoms with van der Waals surface area (Å²) in [5, 5.41) is 2.62. The second-order valence-corrected chi connectivity index (χ2v) is 8.88. The van der Waals surface area contributed by atoms with Crippen LogP contribution >= 0.6 is 0 Å². The molecule has 0 unspecified atom stereocenters. The largest absolute Gasteiger partial charge is 0.497 e. The second-order valence-electron chi connectivity index (χ2n) is 8.88. The molecule has 4 rings (SSSR count). The van der Waals surface area contributed by atoms with Crippen molar-refractivity contribution in [3.63, 3.8) is 0 Å². The van der Waals surface area contributed by atoms with Gasteiger partial charge in [0.25, 0.3) is 5.91 Å². The number of ether oxygens (including phenoxy) is 3. The number of anilines is 2. The normalized spacial score (nSPS) is 21.3. The smallest absolute Gasteiger partial charge is 0.338 e. The van der Waals surface area contributed by atoms with Gasteiger partial charge in [-0.05, 0) is 61.6 Å². The molecule has 1 heterocycles. The molecular formula is C26H28N2O7. The highest BCUT2D eigenvalue weighted by Crippen LogP contribution is 2.42.